The number of rotatable bonds is 2. The molecule has 0 aromatic heterocycles. The summed E-state index contributed by atoms with van der Waals surface area (Å²) in [6, 6.07) is 7.76. The van der Waals surface area contributed by atoms with Gasteiger partial charge in [-0.2, -0.15) is 10.5 Å². The van der Waals surface area contributed by atoms with E-state index in [2.05, 4.69) is 10.6 Å². The molecule has 2 N–H and O–H groups in total. The number of benzene rings is 1. The Bertz CT molecular complexity index is 571. The Balaban J connectivity index is 2.72. The number of hydrogen-bond acceptors (Lipinski definition) is 4. The van der Waals surface area contributed by atoms with Crippen LogP contribution in [0.3, 0.4) is 0 Å². The van der Waals surface area contributed by atoms with Crippen LogP contribution in [0.2, 0.25) is 5.02 Å². The zero-order chi connectivity index (χ0) is 13.5. The zero-order valence-corrected chi connectivity index (χ0v) is 9.78. The molecule has 1 rings (SSSR count). The van der Waals surface area contributed by atoms with Gasteiger partial charge in [-0.25, -0.2) is 0 Å². The molecule has 6 nitrogen and oxygen atoms in total. The lowest BCUT2D eigenvalue weighted by atomic mass is 10.2. The van der Waals surface area contributed by atoms with Crippen LogP contribution in [0.25, 0.3) is 0 Å². The van der Waals surface area contributed by atoms with Crippen LogP contribution in [0, 0.1) is 22.7 Å². The molecule has 0 unspecified atom stereocenters. The Labute approximate surface area is 108 Å². The van der Waals surface area contributed by atoms with Crippen LogP contribution in [0.5, 0.6) is 0 Å². The highest BCUT2D eigenvalue weighted by molar-refractivity contribution is 6.40. The van der Waals surface area contributed by atoms with Crippen molar-refractivity contribution in [2.45, 2.75) is 0 Å². The molecule has 0 bridgehead atoms. The van der Waals surface area contributed by atoms with Gasteiger partial charge >= 0.3 is 11.8 Å². The Morgan fingerprint density at radius 2 is 2.00 bits per heavy atom. The molecule has 0 radical (unpaired) electrons. The second kappa shape index (κ2) is 6.24. The number of halogens is 1. The average molecular weight is 263 g/mol. The smallest absolute Gasteiger partial charge is 0.313 e. The van der Waals surface area contributed by atoms with Gasteiger partial charge in [-0.3, -0.25) is 9.59 Å². The highest BCUT2D eigenvalue weighted by Gasteiger charge is 2.13. The van der Waals surface area contributed by atoms with Crippen molar-refractivity contribution in [3.8, 4) is 12.1 Å². The maximum atomic E-state index is 11.3. The van der Waals surface area contributed by atoms with Crippen molar-refractivity contribution >= 4 is 29.1 Å². The van der Waals surface area contributed by atoms with E-state index in [1.54, 1.807) is 6.07 Å². The van der Waals surface area contributed by atoms with Gasteiger partial charge < -0.3 is 10.6 Å². The number of anilines is 1. The standard InChI is InChI=1S/C11H7ClN4O2/c12-9-5-8(2-1-7(9)6-14)16-11(18)10(17)15-4-3-13/h1-2,5H,4H2,(H,15,17)(H,16,18). The molecule has 0 fully saturated rings. The minimum absolute atomic E-state index is 0.174. The number of carbonyl (C=O) groups is 2. The normalized spacial score (nSPS) is 8.83. The van der Waals surface area contributed by atoms with Gasteiger partial charge in [0, 0.05) is 5.69 Å². The summed E-state index contributed by atoms with van der Waals surface area (Å²) in [6.07, 6.45) is 0. The summed E-state index contributed by atoms with van der Waals surface area (Å²) in [5, 5.41) is 21.5. The molecule has 0 saturated heterocycles. The number of carbonyl (C=O) groups excluding carboxylic acids is 2. The Morgan fingerprint density at radius 1 is 1.28 bits per heavy atom. The fraction of sp³-hybridized carbons (Fsp3) is 0.0909. The van der Waals surface area contributed by atoms with E-state index in [-0.39, 0.29) is 22.8 Å². The highest BCUT2D eigenvalue weighted by Crippen LogP contribution is 2.19. The van der Waals surface area contributed by atoms with Crippen LogP contribution in [0.15, 0.2) is 18.2 Å². The lowest BCUT2D eigenvalue weighted by Gasteiger charge is -2.05. The lowest BCUT2D eigenvalue weighted by Crippen LogP contribution is -2.35. The van der Waals surface area contributed by atoms with E-state index in [0.29, 0.717) is 0 Å². The summed E-state index contributed by atoms with van der Waals surface area (Å²) < 4.78 is 0. The van der Waals surface area contributed by atoms with Gasteiger partial charge in [0.2, 0.25) is 0 Å². The summed E-state index contributed by atoms with van der Waals surface area (Å²) in [5.74, 6) is -1.83. The molecular formula is C11H7ClN4O2. The first kappa shape index (κ1) is 13.5. The maximum absolute atomic E-state index is 11.3. The van der Waals surface area contributed by atoms with Crippen LogP contribution in [0.4, 0.5) is 5.69 Å². The van der Waals surface area contributed by atoms with Gasteiger partial charge in [0.05, 0.1) is 16.7 Å². The van der Waals surface area contributed by atoms with Crippen molar-refractivity contribution in [1.82, 2.24) is 5.32 Å². The Hall–Kier alpha value is -2.57. The molecule has 2 amide bonds. The number of amides is 2. The molecule has 1 aromatic carbocycles. The Kier molecular flexibility index (Phi) is 4.67. The molecule has 1 aromatic rings. The van der Waals surface area contributed by atoms with Crippen LogP contribution < -0.4 is 10.6 Å². The molecule has 7 heteroatoms. The summed E-state index contributed by atoms with van der Waals surface area (Å²) in [5.41, 5.74) is 0.555. The second-order valence-electron chi connectivity index (χ2n) is 3.10. The summed E-state index contributed by atoms with van der Waals surface area (Å²) in [7, 11) is 0. The predicted octanol–water partition coefficient (Wildman–Crippen LogP) is 0.790. The summed E-state index contributed by atoms with van der Waals surface area (Å²) in [4.78, 5) is 22.5. The zero-order valence-electron chi connectivity index (χ0n) is 9.03. The quantitative estimate of drug-likeness (QED) is 0.607. The topological polar surface area (TPSA) is 106 Å². The van der Waals surface area contributed by atoms with Crippen LogP contribution in [-0.4, -0.2) is 18.4 Å². The molecule has 0 saturated carbocycles. The molecule has 0 aliphatic rings. The predicted molar refractivity (Wildman–Crippen MR) is 63.4 cm³/mol. The highest BCUT2D eigenvalue weighted by atomic mass is 35.5. The fourth-order valence-corrected chi connectivity index (χ4v) is 1.29. The largest absolute Gasteiger partial charge is 0.335 e. The monoisotopic (exact) mass is 262 g/mol. The van der Waals surface area contributed by atoms with Crippen molar-refractivity contribution in [2.75, 3.05) is 11.9 Å². The van der Waals surface area contributed by atoms with Crippen molar-refractivity contribution in [2.24, 2.45) is 0 Å². The van der Waals surface area contributed by atoms with Gasteiger partial charge in [0.25, 0.3) is 0 Å². The van der Waals surface area contributed by atoms with E-state index in [0.717, 1.165) is 0 Å². The first-order valence-electron chi connectivity index (χ1n) is 4.74. The van der Waals surface area contributed by atoms with E-state index in [4.69, 9.17) is 22.1 Å². The van der Waals surface area contributed by atoms with Gasteiger partial charge in [0.1, 0.15) is 12.6 Å². The van der Waals surface area contributed by atoms with E-state index >= 15 is 0 Å². The number of nitriles is 2. The van der Waals surface area contributed by atoms with Gasteiger partial charge in [-0.05, 0) is 18.2 Å². The third-order valence-electron chi connectivity index (χ3n) is 1.88. The van der Waals surface area contributed by atoms with Crippen molar-refractivity contribution < 1.29 is 9.59 Å². The molecule has 0 atom stereocenters. The average Bonchev–Trinajstić information content (AvgIpc) is 2.36. The van der Waals surface area contributed by atoms with Gasteiger partial charge in [0.15, 0.2) is 0 Å². The van der Waals surface area contributed by atoms with Gasteiger partial charge in [-0.15, -0.1) is 0 Å². The van der Waals surface area contributed by atoms with Crippen molar-refractivity contribution in [3.63, 3.8) is 0 Å². The van der Waals surface area contributed by atoms with Gasteiger partial charge in [-0.1, -0.05) is 11.6 Å². The minimum Gasteiger partial charge on any atom is -0.335 e. The molecule has 0 spiro atoms. The fourth-order valence-electron chi connectivity index (χ4n) is 1.07. The molecule has 0 heterocycles. The summed E-state index contributed by atoms with van der Waals surface area (Å²) >= 11 is 5.76. The minimum atomic E-state index is -0.919. The number of hydrogen-bond donors (Lipinski definition) is 2. The molecular weight excluding hydrogens is 256 g/mol. The first-order valence-corrected chi connectivity index (χ1v) is 5.12. The van der Waals surface area contributed by atoms with E-state index in [1.807, 2.05) is 6.07 Å². The van der Waals surface area contributed by atoms with Crippen LogP contribution in [0.1, 0.15) is 5.56 Å². The lowest BCUT2D eigenvalue weighted by molar-refractivity contribution is -0.136. The molecule has 18 heavy (non-hydrogen) atoms. The van der Waals surface area contributed by atoms with Crippen LogP contribution in [-0.2, 0) is 9.59 Å². The third kappa shape index (κ3) is 3.48. The Morgan fingerprint density at radius 3 is 2.56 bits per heavy atom. The van der Waals surface area contributed by atoms with Crippen LogP contribution >= 0.6 is 11.6 Å². The van der Waals surface area contributed by atoms with E-state index in [9.17, 15) is 9.59 Å². The number of nitrogens with zero attached hydrogens (tertiary/aromatic N) is 2. The third-order valence-corrected chi connectivity index (χ3v) is 2.19. The summed E-state index contributed by atoms with van der Waals surface area (Å²) in [6.45, 7) is -0.250. The van der Waals surface area contributed by atoms with Crippen molar-refractivity contribution in [3.05, 3.63) is 28.8 Å². The molecule has 0 aliphatic carbocycles. The van der Waals surface area contributed by atoms with Crippen molar-refractivity contribution in [1.29, 1.82) is 10.5 Å². The first-order chi connectivity index (χ1) is 8.58. The SMILES string of the molecule is N#CCNC(=O)C(=O)Nc1ccc(C#N)c(Cl)c1. The molecule has 90 valence electrons. The maximum Gasteiger partial charge on any atom is 0.313 e. The number of nitrogens with one attached hydrogen (secondary N) is 2. The molecule has 0 aliphatic heterocycles. The van der Waals surface area contributed by atoms with E-state index in [1.165, 1.54) is 18.2 Å². The van der Waals surface area contributed by atoms with E-state index < -0.39 is 11.8 Å². The second-order valence-corrected chi connectivity index (χ2v) is 3.51.